The number of carbonyl (C=O) groups excluding carboxylic acids is 1. The maximum atomic E-state index is 12.6. The first kappa shape index (κ1) is 37.2. The maximum Gasteiger partial charge on any atom is 0.255 e. The second-order valence-electron chi connectivity index (χ2n) is 9.53. The minimum absolute atomic E-state index is 0. The van der Waals surface area contributed by atoms with Crippen LogP contribution in [0.15, 0.2) is 42.5 Å². The van der Waals surface area contributed by atoms with E-state index in [0.717, 1.165) is 57.4 Å². The molecule has 0 unspecified atom stereocenters. The van der Waals surface area contributed by atoms with E-state index in [-0.39, 0.29) is 54.4 Å². The summed E-state index contributed by atoms with van der Waals surface area (Å²) in [5.74, 6) is 1.52. The standard InChI is InChI=1S/C27H33N7O2.ClH.4H3N.4H2/c1-19-8-10-20(11-9-19)24(36)29-22-13-12-21(18-23(22)35)28-25-30-26(33-14-4-2-5-15-33)32-27(31-25)34-16-6-3-7-17-34;;;;;;;;;/h8-13,18,35H,2-7,14-17H2,1H3,(H,29,36)(H,28,30,31,32);1H;4*1H3;4*1H. The van der Waals surface area contributed by atoms with Gasteiger partial charge in [-0.25, -0.2) is 0 Å². The second kappa shape index (κ2) is 17.1. The van der Waals surface area contributed by atoms with Crippen molar-refractivity contribution in [1.29, 1.82) is 0 Å². The fraction of sp³-hybridized carbons (Fsp3) is 0.407. The van der Waals surface area contributed by atoms with Gasteiger partial charge in [0.15, 0.2) is 0 Å². The average molecular weight is 600 g/mol. The molecule has 0 saturated carbocycles. The fourth-order valence-corrected chi connectivity index (χ4v) is 4.62. The van der Waals surface area contributed by atoms with Crippen LogP contribution in [0.2, 0.25) is 0 Å². The molecule has 0 atom stereocenters. The van der Waals surface area contributed by atoms with Gasteiger partial charge in [0.05, 0.1) is 5.69 Å². The Bertz CT molecular complexity index is 1200. The number of hydrogen-bond acceptors (Lipinski definition) is 12. The number of aromatic hydroxyl groups is 1. The number of halogens is 1. The minimum Gasteiger partial charge on any atom is -0.506 e. The van der Waals surface area contributed by atoms with Crippen molar-refractivity contribution >= 4 is 47.5 Å². The van der Waals surface area contributed by atoms with Crippen molar-refractivity contribution < 1.29 is 15.6 Å². The molecule has 1 amide bonds. The monoisotopic (exact) mass is 599 g/mol. The van der Waals surface area contributed by atoms with E-state index >= 15 is 0 Å². The largest absolute Gasteiger partial charge is 0.506 e. The zero-order valence-corrected chi connectivity index (χ0v) is 24.8. The van der Waals surface area contributed by atoms with E-state index in [1.54, 1.807) is 30.3 Å². The lowest BCUT2D eigenvalue weighted by molar-refractivity contribution is 0.102. The van der Waals surface area contributed by atoms with Crippen LogP contribution < -0.4 is 45.0 Å². The molecule has 41 heavy (non-hydrogen) atoms. The summed E-state index contributed by atoms with van der Waals surface area (Å²) in [5, 5.41) is 16.6. The van der Waals surface area contributed by atoms with E-state index in [4.69, 9.17) is 15.0 Å². The number of amides is 1. The van der Waals surface area contributed by atoms with Crippen molar-refractivity contribution in [3.05, 3.63) is 53.6 Å². The molecule has 2 saturated heterocycles. The first-order valence-electron chi connectivity index (χ1n) is 12.8. The number of piperidine rings is 2. The number of nitrogens with one attached hydrogen (secondary N) is 2. The van der Waals surface area contributed by atoms with Crippen molar-refractivity contribution in [2.75, 3.05) is 46.6 Å². The molecule has 2 aromatic carbocycles. The summed E-state index contributed by atoms with van der Waals surface area (Å²) in [6.07, 6.45) is 7.01. The molecule has 5 rings (SSSR count). The average Bonchev–Trinajstić information content (AvgIpc) is 2.91. The highest BCUT2D eigenvalue weighted by atomic mass is 35.5. The number of nitrogens with zero attached hydrogens (tertiary/aromatic N) is 5. The predicted molar refractivity (Wildman–Crippen MR) is 178 cm³/mol. The summed E-state index contributed by atoms with van der Waals surface area (Å²) in [5.41, 5.74) is 2.57. The summed E-state index contributed by atoms with van der Waals surface area (Å²) in [4.78, 5) is 31.2. The zero-order valence-electron chi connectivity index (χ0n) is 23.9. The number of phenols is 1. The lowest BCUT2D eigenvalue weighted by atomic mass is 10.1. The number of aryl methyl sites for hydroxylation is 1. The maximum absolute atomic E-state index is 12.6. The Hall–Kier alpha value is -3.75. The first-order valence-corrected chi connectivity index (χ1v) is 12.8. The minimum atomic E-state index is -0.277. The highest BCUT2D eigenvalue weighted by Gasteiger charge is 2.20. The number of hydrogen-bond donors (Lipinski definition) is 7. The molecule has 2 fully saturated rings. The van der Waals surface area contributed by atoms with Crippen LogP contribution in [-0.2, 0) is 0 Å². The normalized spacial score (nSPS) is 14.1. The molecular formula is C27H54ClN11O2. The van der Waals surface area contributed by atoms with Crippen molar-refractivity contribution in [3.8, 4) is 5.75 Å². The van der Waals surface area contributed by atoms with Crippen LogP contribution in [-0.4, -0.2) is 52.1 Å². The van der Waals surface area contributed by atoms with Gasteiger partial charge in [0.2, 0.25) is 17.8 Å². The molecule has 2 aliphatic rings. The molecule has 0 radical (unpaired) electrons. The number of phenolic OH excluding ortho intramolecular Hbond substituents is 1. The molecule has 14 heteroatoms. The number of aromatic nitrogens is 3. The molecule has 0 aliphatic carbocycles. The first-order chi connectivity index (χ1) is 17.5. The summed E-state index contributed by atoms with van der Waals surface area (Å²) in [7, 11) is 0. The summed E-state index contributed by atoms with van der Waals surface area (Å²) in [6.45, 7) is 5.74. The molecule has 3 heterocycles. The Kier molecular flexibility index (Phi) is 15.6. The van der Waals surface area contributed by atoms with Gasteiger partial charge in [-0.05, 0) is 69.7 Å². The van der Waals surface area contributed by atoms with Crippen LogP contribution in [0.3, 0.4) is 0 Å². The van der Waals surface area contributed by atoms with Gasteiger partial charge in [-0.3, -0.25) is 4.79 Å². The molecule has 3 aromatic rings. The molecule has 2 aliphatic heterocycles. The van der Waals surface area contributed by atoms with Gasteiger partial charge in [0, 0.05) is 49.2 Å². The van der Waals surface area contributed by atoms with Crippen LogP contribution >= 0.6 is 12.4 Å². The van der Waals surface area contributed by atoms with Gasteiger partial charge in [-0.2, -0.15) is 15.0 Å². The summed E-state index contributed by atoms with van der Waals surface area (Å²) >= 11 is 0. The number of anilines is 5. The van der Waals surface area contributed by atoms with Gasteiger partial charge in [0.25, 0.3) is 5.91 Å². The third-order valence-electron chi connectivity index (χ3n) is 6.71. The Morgan fingerprint density at radius 3 is 1.78 bits per heavy atom. The highest BCUT2D eigenvalue weighted by molar-refractivity contribution is 6.05. The predicted octanol–water partition coefficient (Wildman–Crippen LogP) is 6.92. The molecule has 13 nitrogen and oxygen atoms in total. The lowest BCUT2D eigenvalue weighted by Gasteiger charge is -2.30. The van der Waals surface area contributed by atoms with Crippen LogP contribution in [0.25, 0.3) is 0 Å². The van der Waals surface area contributed by atoms with Crippen LogP contribution in [0.4, 0.5) is 29.2 Å². The van der Waals surface area contributed by atoms with E-state index in [2.05, 4.69) is 20.4 Å². The van der Waals surface area contributed by atoms with Gasteiger partial charge >= 0.3 is 0 Å². The fourth-order valence-electron chi connectivity index (χ4n) is 4.62. The molecule has 0 spiro atoms. The Labute approximate surface area is 254 Å². The molecule has 1 aromatic heterocycles. The molecule has 236 valence electrons. The third-order valence-corrected chi connectivity index (χ3v) is 6.71. The summed E-state index contributed by atoms with van der Waals surface area (Å²) < 4.78 is 0. The molecule has 0 bridgehead atoms. The third kappa shape index (κ3) is 9.40. The lowest BCUT2D eigenvalue weighted by Crippen LogP contribution is -2.34. The van der Waals surface area contributed by atoms with Crippen molar-refractivity contribution in [2.24, 2.45) is 0 Å². The number of benzene rings is 2. The zero-order chi connectivity index (χ0) is 24.9. The van der Waals surface area contributed by atoms with E-state index in [1.807, 2.05) is 19.1 Å². The smallest absolute Gasteiger partial charge is 0.255 e. The van der Waals surface area contributed by atoms with Crippen LogP contribution in [0.5, 0.6) is 5.75 Å². The Morgan fingerprint density at radius 2 is 1.29 bits per heavy atom. The Morgan fingerprint density at radius 1 is 0.780 bits per heavy atom. The van der Waals surface area contributed by atoms with Gasteiger partial charge in [-0.15, -0.1) is 12.4 Å². The van der Waals surface area contributed by atoms with Crippen LogP contribution in [0.1, 0.15) is 60.2 Å². The van der Waals surface area contributed by atoms with E-state index in [9.17, 15) is 9.90 Å². The van der Waals surface area contributed by atoms with E-state index in [0.29, 0.717) is 34.8 Å². The van der Waals surface area contributed by atoms with Crippen LogP contribution in [0, 0.1) is 6.92 Å². The number of carbonyl (C=O) groups is 1. The quantitative estimate of drug-likeness (QED) is 0.143. The van der Waals surface area contributed by atoms with Gasteiger partial charge < -0.3 is 50.1 Å². The van der Waals surface area contributed by atoms with E-state index < -0.39 is 0 Å². The molecular weight excluding hydrogens is 546 g/mol. The van der Waals surface area contributed by atoms with E-state index in [1.165, 1.54) is 12.8 Å². The SMILES string of the molecule is Cc1ccc(C(=O)Nc2ccc(Nc3nc(N4CCCCC4)nc(N4CCCCC4)n3)cc2O)cc1.Cl.N.N.N.N.[HH].[HH].[HH].[HH]. The highest BCUT2D eigenvalue weighted by Crippen LogP contribution is 2.30. The van der Waals surface area contributed by atoms with Gasteiger partial charge in [-0.1, -0.05) is 17.7 Å². The Balaban J connectivity index is -0.000000593. The van der Waals surface area contributed by atoms with Crippen molar-refractivity contribution in [3.63, 3.8) is 0 Å². The van der Waals surface area contributed by atoms with Crippen molar-refractivity contribution in [2.45, 2.75) is 45.4 Å². The van der Waals surface area contributed by atoms with Crippen molar-refractivity contribution in [1.82, 2.24) is 39.6 Å². The summed E-state index contributed by atoms with van der Waals surface area (Å²) in [6, 6.07) is 12.3. The van der Waals surface area contributed by atoms with Gasteiger partial charge in [0.1, 0.15) is 5.75 Å². The second-order valence-corrected chi connectivity index (χ2v) is 9.53. The molecule has 15 N–H and O–H groups in total. The number of rotatable bonds is 6. The topological polar surface area (TPSA) is 247 Å².